The van der Waals surface area contributed by atoms with E-state index in [1.807, 2.05) is 36.4 Å². The topological polar surface area (TPSA) is 79.8 Å². The number of hydrogen-bond donors (Lipinski definition) is 2. The van der Waals surface area contributed by atoms with Gasteiger partial charge < -0.3 is 10.1 Å². The summed E-state index contributed by atoms with van der Waals surface area (Å²) in [6.07, 6.45) is 1.51. The van der Waals surface area contributed by atoms with Crippen LogP contribution in [0.5, 0.6) is 5.75 Å². The van der Waals surface area contributed by atoms with Gasteiger partial charge in [-0.05, 0) is 52.7 Å². The molecule has 0 spiro atoms. The Morgan fingerprint density at radius 1 is 0.882 bits per heavy atom. The van der Waals surface area contributed by atoms with Crippen LogP contribution in [-0.2, 0) is 4.79 Å². The molecular weight excluding hydrogens is 473 g/mol. The van der Waals surface area contributed by atoms with E-state index in [2.05, 4.69) is 15.8 Å². The molecule has 0 aliphatic heterocycles. The van der Waals surface area contributed by atoms with Gasteiger partial charge in [0, 0.05) is 11.3 Å². The SMILES string of the molecule is O=C(COc1cccc(/C=N/NC(=O)c2cccc3ccccc23)c1)Nc1ccc(Cl)c(Cl)c1. The maximum Gasteiger partial charge on any atom is 0.271 e. The molecule has 0 aliphatic rings. The number of anilines is 1. The summed E-state index contributed by atoms with van der Waals surface area (Å²) in [5.74, 6) is -0.173. The van der Waals surface area contributed by atoms with Gasteiger partial charge in [0.1, 0.15) is 5.75 Å². The molecule has 6 nitrogen and oxygen atoms in total. The molecule has 34 heavy (non-hydrogen) atoms. The summed E-state index contributed by atoms with van der Waals surface area (Å²) in [6, 6.07) is 25.0. The van der Waals surface area contributed by atoms with Gasteiger partial charge >= 0.3 is 0 Å². The average Bonchev–Trinajstić information content (AvgIpc) is 2.85. The number of fused-ring (bicyclic) bond motifs is 1. The minimum Gasteiger partial charge on any atom is -0.484 e. The quantitative estimate of drug-likeness (QED) is 0.248. The Bertz CT molecular complexity index is 1380. The summed E-state index contributed by atoms with van der Waals surface area (Å²) in [6.45, 7) is -0.196. The van der Waals surface area contributed by atoms with Crippen molar-refractivity contribution in [1.29, 1.82) is 0 Å². The van der Waals surface area contributed by atoms with Crippen molar-refractivity contribution in [3.05, 3.63) is 106 Å². The molecule has 0 unspecified atom stereocenters. The molecule has 0 bridgehead atoms. The van der Waals surface area contributed by atoms with E-state index >= 15 is 0 Å². The van der Waals surface area contributed by atoms with Gasteiger partial charge in [0.15, 0.2) is 6.61 Å². The zero-order valence-corrected chi connectivity index (χ0v) is 19.3. The van der Waals surface area contributed by atoms with Gasteiger partial charge in [-0.15, -0.1) is 0 Å². The first-order chi connectivity index (χ1) is 16.5. The number of ether oxygens (including phenoxy) is 1. The van der Waals surface area contributed by atoms with Crippen LogP contribution in [0.15, 0.2) is 90.0 Å². The van der Waals surface area contributed by atoms with Crippen molar-refractivity contribution >= 4 is 57.7 Å². The predicted molar refractivity (Wildman–Crippen MR) is 136 cm³/mol. The average molecular weight is 492 g/mol. The minimum atomic E-state index is -0.347. The summed E-state index contributed by atoms with van der Waals surface area (Å²) in [4.78, 5) is 24.7. The largest absolute Gasteiger partial charge is 0.484 e. The second kappa shape index (κ2) is 10.8. The van der Waals surface area contributed by atoms with Gasteiger partial charge in [0.25, 0.3) is 11.8 Å². The van der Waals surface area contributed by atoms with Crippen LogP contribution in [0.2, 0.25) is 10.0 Å². The van der Waals surface area contributed by atoms with E-state index < -0.39 is 0 Å². The first-order valence-electron chi connectivity index (χ1n) is 10.3. The highest BCUT2D eigenvalue weighted by Gasteiger charge is 2.09. The molecule has 8 heteroatoms. The number of amides is 2. The lowest BCUT2D eigenvalue weighted by Gasteiger charge is -2.09. The second-order valence-electron chi connectivity index (χ2n) is 7.26. The Kier molecular flexibility index (Phi) is 7.42. The molecule has 0 heterocycles. The fourth-order valence-corrected chi connectivity index (χ4v) is 3.55. The number of nitrogens with one attached hydrogen (secondary N) is 2. The van der Waals surface area contributed by atoms with Gasteiger partial charge in [-0.2, -0.15) is 5.10 Å². The Morgan fingerprint density at radius 2 is 1.68 bits per heavy atom. The number of benzene rings is 4. The molecule has 0 atom stereocenters. The monoisotopic (exact) mass is 491 g/mol. The van der Waals surface area contributed by atoms with E-state index in [0.717, 1.165) is 10.8 Å². The van der Waals surface area contributed by atoms with E-state index in [1.54, 1.807) is 48.5 Å². The highest BCUT2D eigenvalue weighted by molar-refractivity contribution is 6.42. The molecular formula is C26H19Cl2N3O3. The second-order valence-corrected chi connectivity index (χ2v) is 8.08. The highest BCUT2D eigenvalue weighted by Crippen LogP contribution is 2.25. The van der Waals surface area contributed by atoms with E-state index in [9.17, 15) is 9.59 Å². The zero-order valence-electron chi connectivity index (χ0n) is 17.8. The van der Waals surface area contributed by atoms with Gasteiger partial charge in [-0.25, -0.2) is 5.43 Å². The van der Waals surface area contributed by atoms with Crippen molar-refractivity contribution in [2.75, 3.05) is 11.9 Å². The zero-order chi connectivity index (χ0) is 23.9. The molecule has 170 valence electrons. The van der Waals surface area contributed by atoms with E-state index in [1.165, 1.54) is 6.21 Å². The molecule has 0 aliphatic carbocycles. The van der Waals surface area contributed by atoms with Crippen molar-refractivity contribution in [3.63, 3.8) is 0 Å². The smallest absolute Gasteiger partial charge is 0.271 e. The van der Waals surface area contributed by atoms with E-state index in [0.29, 0.717) is 32.6 Å². The van der Waals surface area contributed by atoms with Crippen LogP contribution in [0.25, 0.3) is 10.8 Å². The van der Waals surface area contributed by atoms with Crippen LogP contribution in [0.1, 0.15) is 15.9 Å². The molecule has 0 saturated carbocycles. The molecule has 0 aromatic heterocycles. The molecule has 4 aromatic rings. The summed E-state index contributed by atoms with van der Waals surface area (Å²) >= 11 is 11.8. The van der Waals surface area contributed by atoms with Crippen LogP contribution in [0.4, 0.5) is 5.69 Å². The van der Waals surface area contributed by atoms with Gasteiger partial charge in [-0.3, -0.25) is 9.59 Å². The lowest BCUT2D eigenvalue weighted by atomic mass is 10.0. The third-order valence-electron chi connectivity index (χ3n) is 4.85. The molecule has 4 aromatic carbocycles. The van der Waals surface area contributed by atoms with Crippen molar-refractivity contribution < 1.29 is 14.3 Å². The van der Waals surface area contributed by atoms with Crippen molar-refractivity contribution in [2.24, 2.45) is 5.10 Å². The van der Waals surface area contributed by atoms with Gasteiger partial charge in [0.05, 0.1) is 16.3 Å². The van der Waals surface area contributed by atoms with Crippen molar-refractivity contribution in [3.8, 4) is 5.75 Å². The van der Waals surface area contributed by atoms with E-state index in [-0.39, 0.29) is 18.4 Å². The van der Waals surface area contributed by atoms with Crippen LogP contribution in [0, 0.1) is 0 Å². The molecule has 2 amide bonds. The summed E-state index contributed by atoms with van der Waals surface area (Å²) in [5.41, 5.74) is 4.31. The van der Waals surface area contributed by atoms with Crippen LogP contribution < -0.4 is 15.5 Å². The number of carbonyl (C=O) groups excluding carboxylic acids is 2. The predicted octanol–water partition coefficient (Wildman–Crippen LogP) is 5.93. The number of rotatable bonds is 7. The Hall–Kier alpha value is -3.87. The molecule has 2 N–H and O–H groups in total. The third kappa shape index (κ3) is 5.92. The number of hydrazone groups is 1. The first-order valence-corrected chi connectivity index (χ1v) is 11.0. The number of halogens is 2. The Labute approximate surface area is 206 Å². The Morgan fingerprint density at radius 3 is 2.53 bits per heavy atom. The molecule has 0 saturated heterocycles. The minimum absolute atomic E-state index is 0.196. The number of hydrogen-bond acceptors (Lipinski definition) is 4. The normalized spacial score (nSPS) is 10.9. The van der Waals surface area contributed by atoms with Crippen LogP contribution >= 0.6 is 23.2 Å². The summed E-state index contributed by atoms with van der Waals surface area (Å²) in [7, 11) is 0. The maximum absolute atomic E-state index is 12.6. The molecule has 0 radical (unpaired) electrons. The lowest BCUT2D eigenvalue weighted by molar-refractivity contribution is -0.118. The number of nitrogens with zero attached hydrogens (tertiary/aromatic N) is 1. The van der Waals surface area contributed by atoms with Gasteiger partial charge in [-0.1, -0.05) is 71.7 Å². The molecule has 0 fully saturated rings. The van der Waals surface area contributed by atoms with Gasteiger partial charge in [0.2, 0.25) is 0 Å². The third-order valence-corrected chi connectivity index (χ3v) is 5.58. The highest BCUT2D eigenvalue weighted by atomic mass is 35.5. The van der Waals surface area contributed by atoms with Crippen LogP contribution in [-0.4, -0.2) is 24.6 Å². The fourth-order valence-electron chi connectivity index (χ4n) is 3.25. The van der Waals surface area contributed by atoms with Crippen molar-refractivity contribution in [2.45, 2.75) is 0 Å². The van der Waals surface area contributed by atoms with E-state index in [4.69, 9.17) is 27.9 Å². The molecule has 4 rings (SSSR count). The standard InChI is InChI=1S/C26H19Cl2N3O3/c27-23-12-11-19(14-24(23)28)30-25(32)16-34-20-8-3-5-17(13-20)15-29-31-26(33)22-10-4-7-18-6-1-2-9-21(18)22/h1-15H,16H2,(H,30,32)(H,31,33)/b29-15+. The Balaban J connectivity index is 1.33. The summed E-state index contributed by atoms with van der Waals surface area (Å²) in [5, 5.41) is 9.32. The fraction of sp³-hybridized carbons (Fsp3) is 0.0385. The van der Waals surface area contributed by atoms with Crippen LogP contribution in [0.3, 0.4) is 0 Å². The lowest BCUT2D eigenvalue weighted by Crippen LogP contribution is -2.20. The summed E-state index contributed by atoms with van der Waals surface area (Å²) < 4.78 is 5.56. The van der Waals surface area contributed by atoms with Crippen molar-refractivity contribution in [1.82, 2.24) is 5.43 Å². The first kappa shape index (κ1) is 23.3. The maximum atomic E-state index is 12.6. The number of carbonyl (C=O) groups is 2.